The highest BCUT2D eigenvalue weighted by atomic mass is 35.5. The van der Waals surface area contributed by atoms with Gasteiger partial charge in [0.1, 0.15) is 5.82 Å². The third-order valence-electron chi connectivity index (χ3n) is 3.91. The van der Waals surface area contributed by atoms with Crippen LogP contribution in [-0.2, 0) is 6.42 Å². The number of aryl methyl sites for hydroxylation is 1. The van der Waals surface area contributed by atoms with Gasteiger partial charge in [0.2, 0.25) is 0 Å². The fourth-order valence-electron chi connectivity index (χ4n) is 2.96. The first kappa shape index (κ1) is 13.4. The van der Waals surface area contributed by atoms with Crippen LogP contribution in [0, 0.1) is 5.82 Å². The highest BCUT2D eigenvalue weighted by Crippen LogP contribution is 2.31. The molecule has 1 aliphatic rings. The van der Waals surface area contributed by atoms with Crippen LogP contribution in [0.2, 0.25) is 5.02 Å². The van der Waals surface area contributed by atoms with E-state index in [0.717, 1.165) is 12.2 Å². The van der Waals surface area contributed by atoms with Gasteiger partial charge < -0.3 is 5.32 Å². The molecule has 1 N–H and O–H groups in total. The molecule has 0 bridgehead atoms. The Morgan fingerprint density at radius 2 is 2.05 bits per heavy atom. The molecule has 2 aromatic rings. The van der Waals surface area contributed by atoms with Gasteiger partial charge in [-0.25, -0.2) is 4.39 Å². The standard InChI is InChI=1S/C17H17ClFN/c18-14-8-15(19)10-16(9-14)20-11-13-6-3-5-12-4-1-2-7-17(12)13/h1-2,4,7-10,13,20H,3,5-6,11H2. The van der Waals surface area contributed by atoms with Gasteiger partial charge in [0, 0.05) is 23.2 Å². The summed E-state index contributed by atoms with van der Waals surface area (Å²) in [4.78, 5) is 0. The molecular formula is C17H17ClFN. The lowest BCUT2D eigenvalue weighted by molar-refractivity contribution is 0.571. The highest BCUT2D eigenvalue weighted by Gasteiger charge is 2.19. The molecule has 0 aromatic heterocycles. The summed E-state index contributed by atoms with van der Waals surface area (Å²) in [6.45, 7) is 0.816. The Morgan fingerprint density at radius 1 is 1.20 bits per heavy atom. The first-order valence-corrected chi connectivity index (χ1v) is 7.38. The molecule has 1 atom stereocenters. The van der Waals surface area contributed by atoms with Crippen LogP contribution in [0.3, 0.4) is 0 Å². The van der Waals surface area contributed by atoms with Crippen molar-refractivity contribution in [1.29, 1.82) is 0 Å². The van der Waals surface area contributed by atoms with Crippen molar-refractivity contribution in [1.82, 2.24) is 0 Å². The average Bonchev–Trinajstić information content (AvgIpc) is 2.44. The number of nitrogens with one attached hydrogen (secondary N) is 1. The maximum Gasteiger partial charge on any atom is 0.126 e. The molecule has 0 fully saturated rings. The summed E-state index contributed by atoms with van der Waals surface area (Å²) in [5.74, 6) is 0.186. The molecule has 0 saturated heterocycles. The molecule has 0 aliphatic heterocycles. The van der Waals surface area contributed by atoms with Crippen molar-refractivity contribution >= 4 is 17.3 Å². The second kappa shape index (κ2) is 5.84. The van der Waals surface area contributed by atoms with E-state index in [1.807, 2.05) is 0 Å². The van der Waals surface area contributed by atoms with E-state index >= 15 is 0 Å². The lowest BCUT2D eigenvalue weighted by atomic mass is 9.83. The van der Waals surface area contributed by atoms with Crippen molar-refractivity contribution in [2.45, 2.75) is 25.2 Å². The SMILES string of the molecule is Fc1cc(Cl)cc(NCC2CCCc3ccccc32)c1. The maximum absolute atomic E-state index is 13.3. The fourth-order valence-corrected chi connectivity index (χ4v) is 3.19. The fraction of sp³-hybridized carbons (Fsp3) is 0.294. The Kier molecular flexibility index (Phi) is 3.93. The van der Waals surface area contributed by atoms with Gasteiger partial charge in [-0.3, -0.25) is 0 Å². The lowest BCUT2D eigenvalue weighted by Crippen LogP contribution is -2.18. The number of halogens is 2. The summed E-state index contributed by atoms with van der Waals surface area (Å²) < 4.78 is 13.3. The van der Waals surface area contributed by atoms with Gasteiger partial charge >= 0.3 is 0 Å². The summed E-state index contributed by atoms with van der Waals surface area (Å²) in [6, 6.07) is 13.2. The topological polar surface area (TPSA) is 12.0 Å². The molecular weight excluding hydrogens is 273 g/mol. The lowest BCUT2D eigenvalue weighted by Gasteiger charge is -2.26. The van der Waals surface area contributed by atoms with Crippen molar-refractivity contribution in [3.8, 4) is 0 Å². The molecule has 3 rings (SSSR count). The van der Waals surface area contributed by atoms with Crippen LogP contribution in [0.4, 0.5) is 10.1 Å². The van der Waals surface area contributed by atoms with Crippen LogP contribution in [0.25, 0.3) is 0 Å². The van der Waals surface area contributed by atoms with Crippen molar-refractivity contribution in [2.75, 3.05) is 11.9 Å². The largest absolute Gasteiger partial charge is 0.384 e. The molecule has 20 heavy (non-hydrogen) atoms. The smallest absolute Gasteiger partial charge is 0.126 e. The van der Waals surface area contributed by atoms with E-state index in [9.17, 15) is 4.39 Å². The Morgan fingerprint density at radius 3 is 2.90 bits per heavy atom. The summed E-state index contributed by atoms with van der Waals surface area (Å²) in [7, 11) is 0. The number of fused-ring (bicyclic) bond motifs is 1. The summed E-state index contributed by atoms with van der Waals surface area (Å²) >= 11 is 5.87. The van der Waals surface area contributed by atoms with Crippen molar-refractivity contribution in [2.24, 2.45) is 0 Å². The van der Waals surface area contributed by atoms with E-state index in [4.69, 9.17) is 11.6 Å². The molecule has 0 amide bonds. The molecule has 0 heterocycles. The number of hydrogen-bond acceptors (Lipinski definition) is 1. The molecule has 2 aromatic carbocycles. The summed E-state index contributed by atoms with van der Waals surface area (Å²) in [5.41, 5.74) is 3.62. The first-order valence-electron chi connectivity index (χ1n) is 7.00. The zero-order chi connectivity index (χ0) is 13.9. The second-order valence-electron chi connectivity index (χ2n) is 5.33. The van der Waals surface area contributed by atoms with E-state index in [0.29, 0.717) is 10.9 Å². The predicted octanol–water partition coefficient (Wildman–Crippen LogP) is 5.01. The van der Waals surface area contributed by atoms with Crippen LogP contribution in [-0.4, -0.2) is 6.54 Å². The number of rotatable bonds is 3. The average molecular weight is 290 g/mol. The third-order valence-corrected chi connectivity index (χ3v) is 4.13. The summed E-state index contributed by atoms with van der Waals surface area (Å²) in [5, 5.41) is 3.74. The van der Waals surface area contributed by atoms with Crippen molar-refractivity contribution in [3.05, 3.63) is 64.4 Å². The van der Waals surface area contributed by atoms with E-state index < -0.39 is 0 Å². The minimum atomic E-state index is -0.302. The number of anilines is 1. The molecule has 0 spiro atoms. The second-order valence-corrected chi connectivity index (χ2v) is 5.76. The Labute approximate surface area is 123 Å². The molecule has 0 saturated carbocycles. The van der Waals surface area contributed by atoms with Gasteiger partial charge in [-0.05, 0) is 48.6 Å². The molecule has 1 aliphatic carbocycles. The van der Waals surface area contributed by atoms with Crippen LogP contribution >= 0.6 is 11.6 Å². The van der Waals surface area contributed by atoms with Gasteiger partial charge in [0.05, 0.1) is 0 Å². The van der Waals surface area contributed by atoms with Gasteiger partial charge in [0.25, 0.3) is 0 Å². The monoisotopic (exact) mass is 289 g/mol. The van der Waals surface area contributed by atoms with Gasteiger partial charge in [-0.2, -0.15) is 0 Å². The molecule has 3 heteroatoms. The number of hydrogen-bond donors (Lipinski definition) is 1. The molecule has 104 valence electrons. The molecule has 0 radical (unpaired) electrons. The third kappa shape index (κ3) is 2.96. The van der Waals surface area contributed by atoms with Gasteiger partial charge in [0.15, 0.2) is 0 Å². The van der Waals surface area contributed by atoms with E-state index in [2.05, 4.69) is 29.6 Å². The first-order chi connectivity index (χ1) is 9.72. The quantitative estimate of drug-likeness (QED) is 0.837. The highest BCUT2D eigenvalue weighted by molar-refractivity contribution is 6.30. The Hall–Kier alpha value is -1.54. The minimum Gasteiger partial charge on any atom is -0.384 e. The Bertz CT molecular complexity index is 591. The minimum absolute atomic E-state index is 0.302. The zero-order valence-electron chi connectivity index (χ0n) is 11.2. The van der Waals surface area contributed by atoms with E-state index in [-0.39, 0.29) is 5.82 Å². The molecule has 1 nitrogen and oxygen atoms in total. The zero-order valence-corrected chi connectivity index (χ0v) is 12.0. The van der Waals surface area contributed by atoms with E-state index in [1.165, 1.54) is 42.5 Å². The molecule has 1 unspecified atom stereocenters. The van der Waals surface area contributed by atoms with Gasteiger partial charge in [-0.15, -0.1) is 0 Å². The Balaban J connectivity index is 1.73. The van der Waals surface area contributed by atoms with E-state index in [1.54, 1.807) is 6.07 Å². The van der Waals surface area contributed by atoms with Crippen LogP contribution in [0.5, 0.6) is 0 Å². The van der Waals surface area contributed by atoms with Crippen molar-refractivity contribution < 1.29 is 4.39 Å². The van der Waals surface area contributed by atoms with Crippen LogP contribution < -0.4 is 5.32 Å². The summed E-state index contributed by atoms with van der Waals surface area (Å²) in [6.07, 6.45) is 3.55. The van der Waals surface area contributed by atoms with Gasteiger partial charge in [-0.1, -0.05) is 35.9 Å². The van der Waals surface area contributed by atoms with Crippen LogP contribution in [0.15, 0.2) is 42.5 Å². The van der Waals surface area contributed by atoms with Crippen molar-refractivity contribution in [3.63, 3.8) is 0 Å². The maximum atomic E-state index is 13.3. The number of benzene rings is 2. The van der Waals surface area contributed by atoms with Crippen LogP contribution in [0.1, 0.15) is 29.9 Å². The normalized spacial score (nSPS) is 17.6. The predicted molar refractivity (Wildman–Crippen MR) is 82.0 cm³/mol.